The van der Waals surface area contributed by atoms with Gasteiger partial charge in [-0.3, -0.25) is 4.72 Å². The summed E-state index contributed by atoms with van der Waals surface area (Å²) in [6, 6.07) is 9.82. The molecule has 0 saturated heterocycles. The fraction of sp³-hybridized carbons (Fsp3) is 0.0714. The molecule has 0 spiro atoms. The minimum absolute atomic E-state index is 0.114. The number of rotatable bonds is 4. The number of aryl methyl sites for hydroxylation is 1. The third-order valence-electron chi connectivity index (χ3n) is 3.18. The summed E-state index contributed by atoms with van der Waals surface area (Å²) < 4.78 is 42.4. The Kier molecular flexibility index (Phi) is 4.20. The minimum atomic E-state index is -4.10. The van der Waals surface area contributed by atoms with Crippen LogP contribution in [0.4, 0.5) is 10.1 Å². The molecule has 0 aliphatic carbocycles. The number of aromatic nitrogens is 4. The summed E-state index contributed by atoms with van der Waals surface area (Å²) in [6.45, 7) is 0. The van der Waals surface area contributed by atoms with E-state index in [2.05, 4.69) is 20.2 Å². The maximum Gasteiger partial charge on any atom is 0.264 e. The molecule has 3 aromatic rings. The second-order valence-electron chi connectivity index (χ2n) is 4.89. The fourth-order valence-electron chi connectivity index (χ4n) is 2.10. The molecule has 0 radical (unpaired) electrons. The molecular formula is C14H11ClFN5O2S. The van der Waals surface area contributed by atoms with Gasteiger partial charge < -0.3 is 0 Å². The van der Waals surface area contributed by atoms with E-state index in [1.54, 1.807) is 31.3 Å². The highest BCUT2D eigenvalue weighted by atomic mass is 35.5. The Morgan fingerprint density at radius 2 is 2.00 bits per heavy atom. The van der Waals surface area contributed by atoms with E-state index < -0.39 is 20.7 Å². The summed E-state index contributed by atoms with van der Waals surface area (Å²) in [4.78, 5) is -0.488. The van der Waals surface area contributed by atoms with Crippen LogP contribution in [-0.4, -0.2) is 28.6 Å². The first kappa shape index (κ1) is 16.3. The molecule has 124 valence electrons. The van der Waals surface area contributed by atoms with Crippen LogP contribution < -0.4 is 4.72 Å². The minimum Gasteiger partial charge on any atom is -0.280 e. The van der Waals surface area contributed by atoms with Crippen molar-refractivity contribution in [1.29, 1.82) is 0 Å². The Labute approximate surface area is 142 Å². The number of tetrazole rings is 1. The van der Waals surface area contributed by atoms with Crippen LogP contribution in [0.2, 0.25) is 5.02 Å². The van der Waals surface area contributed by atoms with Crippen molar-refractivity contribution in [2.45, 2.75) is 4.90 Å². The average Bonchev–Trinajstić information content (AvgIpc) is 2.92. The second kappa shape index (κ2) is 6.17. The van der Waals surface area contributed by atoms with E-state index in [1.807, 2.05) is 0 Å². The van der Waals surface area contributed by atoms with Crippen molar-refractivity contribution in [2.24, 2.45) is 7.05 Å². The normalized spacial score (nSPS) is 11.5. The number of sulfonamides is 1. The zero-order valence-electron chi connectivity index (χ0n) is 12.3. The number of nitrogens with zero attached hydrogens (tertiary/aromatic N) is 4. The van der Waals surface area contributed by atoms with Crippen LogP contribution in [0.1, 0.15) is 0 Å². The van der Waals surface area contributed by atoms with Gasteiger partial charge in [0.25, 0.3) is 10.0 Å². The van der Waals surface area contributed by atoms with Gasteiger partial charge in [0.2, 0.25) is 0 Å². The van der Waals surface area contributed by atoms with Gasteiger partial charge in [-0.15, -0.1) is 5.10 Å². The van der Waals surface area contributed by atoms with Gasteiger partial charge in [0.15, 0.2) is 5.82 Å². The third-order valence-corrected chi connectivity index (χ3v) is 4.83. The number of anilines is 1. The summed E-state index contributed by atoms with van der Waals surface area (Å²) in [5.74, 6) is -0.461. The average molecular weight is 368 g/mol. The molecule has 1 heterocycles. The Morgan fingerprint density at radius 3 is 2.67 bits per heavy atom. The number of hydrogen-bond acceptors (Lipinski definition) is 5. The van der Waals surface area contributed by atoms with E-state index in [0.717, 1.165) is 12.1 Å². The highest BCUT2D eigenvalue weighted by Crippen LogP contribution is 2.24. The van der Waals surface area contributed by atoms with Crippen LogP contribution in [0.3, 0.4) is 0 Å². The lowest BCUT2D eigenvalue weighted by Gasteiger charge is -2.10. The van der Waals surface area contributed by atoms with Crippen molar-refractivity contribution < 1.29 is 12.8 Å². The Morgan fingerprint density at radius 1 is 1.21 bits per heavy atom. The van der Waals surface area contributed by atoms with Gasteiger partial charge in [0, 0.05) is 23.3 Å². The molecule has 0 fully saturated rings. The molecule has 0 unspecified atom stereocenters. The van der Waals surface area contributed by atoms with Crippen molar-refractivity contribution in [3.05, 3.63) is 53.3 Å². The standard InChI is InChI=1S/C14H11ClFN5O2S/c1-21-14(17-19-20-21)9-3-2-4-11(7-9)18-24(22,23)13-6-5-10(15)8-12(13)16/h2-8,18H,1H3. The largest absolute Gasteiger partial charge is 0.280 e. The van der Waals surface area contributed by atoms with Crippen molar-refractivity contribution in [1.82, 2.24) is 20.2 Å². The van der Waals surface area contributed by atoms with Crippen LogP contribution in [0.5, 0.6) is 0 Å². The summed E-state index contributed by atoms with van der Waals surface area (Å²) in [5.41, 5.74) is 0.865. The maximum absolute atomic E-state index is 13.9. The van der Waals surface area contributed by atoms with E-state index in [9.17, 15) is 12.8 Å². The van der Waals surface area contributed by atoms with Gasteiger partial charge >= 0.3 is 0 Å². The predicted molar refractivity (Wildman–Crippen MR) is 86.5 cm³/mol. The molecule has 0 bridgehead atoms. The summed E-state index contributed by atoms with van der Waals surface area (Å²) in [7, 11) is -2.44. The number of benzene rings is 2. The Balaban J connectivity index is 1.95. The maximum atomic E-state index is 13.9. The van der Waals surface area contributed by atoms with Gasteiger partial charge in [-0.2, -0.15) is 0 Å². The van der Waals surface area contributed by atoms with Gasteiger partial charge in [0.05, 0.1) is 0 Å². The lowest BCUT2D eigenvalue weighted by atomic mass is 10.2. The number of nitrogens with one attached hydrogen (secondary N) is 1. The van der Waals surface area contributed by atoms with Crippen LogP contribution in [0, 0.1) is 5.82 Å². The van der Waals surface area contributed by atoms with Gasteiger partial charge in [-0.1, -0.05) is 23.7 Å². The van der Waals surface area contributed by atoms with Crippen molar-refractivity contribution in [3.63, 3.8) is 0 Å². The molecule has 3 rings (SSSR count). The molecule has 24 heavy (non-hydrogen) atoms. The fourth-order valence-corrected chi connectivity index (χ4v) is 3.37. The van der Waals surface area contributed by atoms with Crippen molar-refractivity contribution in [2.75, 3.05) is 4.72 Å². The van der Waals surface area contributed by atoms with Gasteiger partial charge in [0.1, 0.15) is 10.7 Å². The molecule has 0 atom stereocenters. The molecule has 1 aromatic heterocycles. The molecule has 2 aromatic carbocycles. The summed E-state index contributed by atoms with van der Waals surface area (Å²) >= 11 is 5.64. The third kappa shape index (κ3) is 3.22. The van der Waals surface area contributed by atoms with Crippen molar-refractivity contribution in [3.8, 4) is 11.4 Å². The van der Waals surface area contributed by atoms with Gasteiger partial charge in [-0.05, 0) is 40.8 Å². The second-order valence-corrected chi connectivity index (χ2v) is 6.97. The van der Waals surface area contributed by atoms with Crippen LogP contribution >= 0.6 is 11.6 Å². The Hall–Kier alpha value is -2.52. The topological polar surface area (TPSA) is 89.8 Å². The van der Waals surface area contributed by atoms with E-state index in [1.165, 1.54) is 10.7 Å². The van der Waals surface area contributed by atoms with Crippen LogP contribution in [0.15, 0.2) is 47.4 Å². The SMILES string of the molecule is Cn1nnnc1-c1cccc(NS(=O)(=O)c2ccc(Cl)cc2F)c1. The first-order valence-electron chi connectivity index (χ1n) is 6.67. The molecule has 7 nitrogen and oxygen atoms in total. The first-order chi connectivity index (χ1) is 11.4. The smallest absolute Gasteiger partial charge is 0.264 e. The number of halogens is 2. The molecule has 0 saturated carbocycles. The molecular weight excluding hydrogens is 357 g/mol. The van der Waals surface area contributed by atoms with Crippen LogP contribution in [0.25, 0.3) is 11.4 Å². The highest BCUT2D eigenvalue weighted by molar-refractivity contribution is 7.92. The van der Waals surface area contributed by atoms with Gasteiger partial charge in [-0.25, -0.2) is 17.5 Å². The monoisotopic (exact) mass is 367 g/mol. The predicted octanol–water partition coefficient (Wildman–Crippen LogP) is 2.47. The van der Waals surface area contributed by atoms with E-state index >= 15 is 0 Å². The van der Waals surface area contributed by atoms with E-state index in [0.29, 0.717) is 11.4 Å². The lowest BCUT2D eigenvalue weighted by Crippen LogP contribution is -2.14. The first-order valence-corrected chi connectivity index (χ1v) is 8.53. The van der Waals surface area contributed by atoms with E-state index in [-0.39, 0.29) is 10.7 Å². The molecule has 1 N–H and O–H groups in total. The molecule has 10 heteroatoms. The lowest BCUT2D eigenvalue weighted by molar-refractivity contribution is 0.570. The van der Waals surface area contributed by atoms with E-state index in [4.69, 9.17) is 11.6 Å². The summed E-state index contributed by atoms with van der Waals surface area (Å²) in [5, 5.41) is 11.2. The quantitative estimate of drug-likeness (QED) is 0.765. The number of hydrogen-bond donors (Lipinski definition) is 1. The van der Waals surface area contributed by atoms with Crippen LogP contribution in [-0.2, 0) is 17.1 Å². The zero-order valence-corrected chi connectivity index (χ0v) is 13.9. The molecule has 0 amide bonds. The van der Waals surface area contributed by atoms with Crippen molar-refractivity contribution >= 4 is 27.3 Å². The molecule has 0 aliphatic heterocycles. The summed E-state index contributed by atoms with van der Waals surface area (Å²) in [6.07, 6.45) is 0. The zero-order chi connectivity index (χ0) is 17.3. The Bertz CT molecular complexity index is 1010. The molecule has 0 aliphatic rings. The highest BCUT2D eigenvalue weighted by Gasteiger charge is 2.20.